The second-order valence-electron chi connectivity index (χ2n) is 9.41. The number of benzene rings is 1. The number of para-hydroxylation sites is 1. The third-order valence-electron chi connectivity index (χ3n) is 7.08. The molecule has 1 aromatic carbocycles. The van der Waals surface area contributed by atoms with Gasteiger partial charge >= 0.3 is 0 Å². The zero-order valence-electron chi connectivity index (χ0n) is 19.4. The Morgan fingerprint density at radius 2 is 1.50 bits per heavy atom. The molecule has 4 rings (SSSR count). The molecule has 1 heterocycles. The number of hydrogen-bond donors (Lipinski definition) is 3. The lowest BCUT2D eigenvalue weighted by molar-refractivity contribution is 0.0449. The fraction of sp³-hybridized carbons (Fsp3) is 0.538. The van der Waals surface area contributed by atoms with E-state index >= 15 is 0 Å². The predicted octanol–water partition coefficient (Wildman–Crippen LogP) is 5.54. The number of amides is 1. The van der Waals surface area contributed by atoms with E-state index in [0.29, 0.717) is 17.6 Å². The van der Waals surface area contributed by atoms with E-state index in [1.165, 1.54) is 38.5 Å². The summed E-state index contributed by atoms with van der Waals surface area (Å²) >= 11 is 0. The quantitative estimate of drug-likeness (QED) is 0.520. The van der Waals surface area contributed by atoms with Crippen molar-refractivity contribution in [2.45, 2.75) is 90.1 Å². The molecule has 0 saturated heterocycles. The minimum absolute atomic E-state index is 0.114. The molecule has 2 aromatic rings. The second-order valence-corrected chi connectivity index (χ2v) is 9.41. The maximum Gasteiger partial charge on any atom is 0.256 e. The van der Waals surface area contributed by atoms with Gasteiger partial charge in [-0.2, -0.15) is 0 Å². The van der Waals surface area contributed by atoms with Gasteiger partial charge in [0.15, 0.2) is 0 Å². The Kier molecular flexibility index (Phi) is 7.18. The van der Waals surface area contributed by atoms with Gasteiger partial charge in [-0.15, -0.1) is 0 Å². The number of aromatic nitrogens is 1. The zero-order chi connectivity index (χ0) is 22.5. The molecule has 6 nitrogen and oxygen atoms in total. The van der Waals surface area contributed by atoms with Crippen LogP contribution in [0.4, 0.5) is 11.4 Å². The molecule has 2 saturated carbocycles. The number of aromatic amines is 1. The summed E-state index contributed by atoms with van der Waals surface area (Å²) in [6.07, 6.45) is 11.9. The van der Waals surface area contributed by atoms with Crippen LogP contribution in [0.1, 0.15) is 85.8 Å². The average molecular weight is 437 g/mol. The fourth-order valence-corrected chi connectivity index (χ4v) is 5.44. The first kappa shape index (κ1) is 22.4. The average Bonchev–Trinajstić information content (AvgIpc) is 2.80. The SMILES string of the molecule is Cc1cc(=O)[nH]c(C)c1NNc1ccccc1C(=O)N(C1CCCCC1)C1CCCCC1. The molecular formula is C26H36N4O2. The number of hydrogen-bond acceptors (Lipinski definition) is 4. The maximum atomic E-state index is 14.0. The number of nitrogens with one attached hydrogen (secondary N) is 3. The van der Waals surface area contributed by atoms with Crippen molar-refractivity contribution in [3.8, 4) is 0 Å². The van der Waals surface area contributed by atoms with Crippen molar-refractivity contribution in [3.05, 3.63) is 57.5 Å². The number of rotatable bonds is 6. The van der Waals surface area contributed by atoms with Gasteiger partial charge in [0.1, 0.15) is 0 Å². The van der Waals surface area contributed by atoms with Crippen LogP contribution in [0.5, 0.6) is 0 Å². The minimum Gasteiger partial charge on any atom is -0.333 e. The topological polar surface area (TPSA) is 77.2 Å². The lowest BCUT2D eigenvalue weighted by Gasteiger charge is -2.42. The largest absolute Gasteiger partial charge is 0.333 e. The number of nitrogens with zero attached hydrogens (tertiary/aromatic N) is 1. The molecule has 2 fully saturated rings. The van der Waals surface area contributed by atoms with Gasteiger partial charge in [0, 0.05) is 23.8 Å². The summed E-state index contributed by atoms with van der Waals surface area (Å²) in [6.45, 7) is 3.76. The van der Waals surface area contributed by atoms with Crippen LogP contribution in [0.25, 0.3) is 0 Å². The third kappa shape index (κ3) is 5.00. The van der Waals surface area contributed by atoms with Crippen molar-refractivity contribution in [2.75, 3.05) is 10.9 Å². The highest BCUT2D eigenvalue weighted by atomic mass is 16.2. The van der Waals surface area contributed by atoms with Gasteiger partial charge in [-0.1, -0.05) is 50.7 Å². The highest BCUT2D eigenvalue weighted by Crippen LogP contribution is 2.32. The molecule has 1 aromatic heterocycles. The Labute approximate surface area is 190 Å². The lowest BCUT2D eigenvalue weighted by atomic mass is 9.88. The summed E-state index contributed by atoms with van der Waals surface area (Å²) in [5.41, 5.74) is 10.3. The Morgan fingerprint density at radius 1 is 0.906 bits per heavy atom. The van der Waals surface area contributed by atoms with Gasteiger partial charge < -0.3 is 15.3 Å². The second kappa shape index (κ2) is 10.2. The smallest absolute Gasteiger partial charge is 0.256 e. The number of carbonyl (C=O) groups is 1. The first-order valence-electron chi connectivity index (χ1n) is 12.2. The van der Waals surface area contributed by atoms with Crippen LogP contribution in [0.2, 0.25) is 0 Å². The predicted molar refractivity (Wildman–Crippen MR) is 130 cm³/mol. The third-order valence-corrected chi connectivity index (χ3v) is 7.08. The number of pyridine rings is 1. The molecule has 0 spiro atoms. The molecule has 6 heteroatoms. The normalized spacial score (nSPS) is 17.7. The van der Waals surface area contributed by atoms with E-state index in [9.17, 15) is 9.59 Å². The van der Waals surface area contributed by atoms with Crippen molar-refractivity contribution in [1.29, 1.82) is 0 Å². The van der Waals surface area contributed by atoms with Crippen LogP contribution in [0.15, 0.2) is 35.1 Å². The van der Waals surface area contributed by atoms with Crippen molar-refractivity contribution in [2.24, 2.45) is 0 Å². The van der Waals surface area contributed by atoms with Crippen LogP contribution in [-0.2, 0) is 0 Å². The highest BCUT2D eigenvalue weighted by molar-refractivity contribution is 6.00. The Balaban J connectivity index is 1.59. The molecule has 32 heavy (non-hydrogen) atoms. The Bertz CT molecular complexity index is 943. The molecule has 172 valence electrons. The van der Waals surface area contributed by atoms with Crippen LogP contribution < -0.4 is 16.4 Å². The first-order valence-corrected chi connectivity index (χ1v) is 12.2. The summed E-state index contributed by atoms with van der Waals surface area (Å²) in [6, 6.07) is 10.0. The van der Waals surface area contributed by atoms with Gasteiger partial charge in [0.2, 0.25) is 5.56 Å². The highest BCUT2D eigenvalue weighted by Gasteiger charge is 2.33. The molecule has 2 aliphatic rings. The number of anilines is 2. The van der Waals surface area contributed by atoms with Gasteiger partial charge in [0.25, 0.3) is 5.91 Å². The Morgan fingerprint density at radius 3 is 2.09 bits per heavy atom. The summed E-state index contributed by atoms with van der Waals surface area (Å²) < 4.78 is 0. The number of hydrazine groups is 1. The van der Waals surface area contributed by atoms with E-state index in [0.717, 1.165) is 48.3 Å². The van der Waals surface area contributed by atoms with Gasteiger partial charge in [-0.25, -0.2) is 0 Å². The lowest BCUT2D eigenvalue weighted by Crippen LogP contribution is -2.49. The Hall–Kier alpha value is -2.76. The summed E-state index contributed by atoms with van der Waals surface area (Å²) in [7, 11) is 0. The monoisotopic (exact) mass is 436 g/mol. The van der Waals surface area contributed by atoms with E-state index in [1.54, 1.807) is 6.07 Å². The van der Waals surface area contributed by atoms with Crippen molar-refractivity contribution >= 4 is 17.3 Å². The minimum atomic E-state index is -0.114. The van der Waals surface area contributed by atoms with Gasteiger partial charge in [-0.3, -0.25) is 15.0 Å². The van der Waals surface area contributed by atoms with E-state index < -0.39 is 0 Å². The van der Waals surface area contributed by atoms with Crippen molar-refractivity contribution in [3.63, 3.8) is 0 Å². The van der Waals surface area contributed by atoms with Gasteiger partial charge in [0.05, 0.1) is 16.9 Å². The number of H-pyrrole nitrogens is 1. The van der Waals surface area contributed by atoms with E-state index in [-0.39, 0.29) is 11.5 Å². The van der Waals surface area contributed by atoms with Gasteiger partial charge in [-0.05, 0) is 57.2 Å². The van der Waals surface area contributed by atoms with Crippen molar-refractivity contribution in [1.82, 2.24) is 9.88 Å². The summed E-state index contributed by atoms with van der Waals surface area (Å²) in [5, 5.41) is 0. The fourth-order valence-electron chi connectivity index (χ4n) is 5.44. The maximum absolute atomic E-state index is 14.0. The molecule has 0 radical (unpaired) electrons. The molecule has 0 aliphatic heterocycles. The standard InChI is InChI=1S/C26H36N4O2/c1-18-17-24(31)27-19(2)25(18)29-28-23-16-10-9-15-22(23)26(32)30(20-11-5-3-6-12-20)21-13-7-4-8-14-21/h9-10,15-17,20-21,28-29H,3-8,11-14H2,1-2H3,(H,27,31). The zero-order valence-corrected chi connectivity index (χ0v) is 19.4. The molecule has 2 aliphatic carbocycles. The number of carbonyl (C=O) groups excluding carboxylic acids is 1. The van der Waals surface area contributed by atoms with Crippen molar-refractivity contribution < 1.29 is 4.79 Å². The number of aryl methyl sites for hydroxylation is 2. The molecule has 0 unspecified atom stereocenters. The molecular weight excluding hydrogens is 400 g/mol. The van der Waals surface area contributed by atoms with Crippen LogP contribution in [-0.4, -0.2) is 27.9 Å². The molecule has 1 amide bonds. The summed E-state index contributed by atoms with van der Waals surface area (Å²) in [5.74, 6) is 0.142. The molecule has 0 atom stereocenters. The summed E-state index contributed by atoms with van der Waals surface area (Å²) in [4.78, 5) is 30.7. The molecule has 3 N–H and O–H groups in total. The van der Waals surface area contributed by atoms with Crippen LogP contribution in [0.3, 0.4) is 0 Å². The van der Waals surface area contributed by atoms with E-state index in [2.05, 4.69) is 20.7 Å². The first-order chi connectivity index (χ1) is 15.5. The van der Waals surface area contributed by atoms with Crippen LogP contribution in [0, 0.1) is 13.8 Å². The van der Waals surface area contributed by atoms with E-state index in [4.69, 9.17) is 0 Å². The van der Waals surface area contributed by atoms with E-state index in [1.807, 2.05) is 38.1 Å². The van der Waals surface area contributed by atoms with Crippen LogP contribution >= 0.6 is 0 Å². The molecule has 0 bridgehead atoms.